The van der Waals surface area contributed by atoms with Crippen molar-refractivity contribution in [3.8, 4) is 0 Å². The lowest BCUT2D eigenvalue weighted by molar-refractivity contribution is -0.888. The SMILES string of the molecule is Cc1nc2nc(Cl)nc(S(=O)C(C)C)c2n1CCCCCCCCCC[N+]1([O-])CCOCC1.Cc1nc2nc(Cl)nc(SC(C)C)c2n1CCCCCCCCCCN1CCOCC1.Cc1nc2nc(Cl)nc(SC(C)C)c2n1CCCCCCCCCC[N+]1([O-])CCOCC1. The summed E-state index contributed by atoms with van der Waals surface area (Å²) in [6.45, 7) is 32.9. The van der Waals surface area contributed by atoms with Crippen molar-refractivity contribution in [3.05, 3.63) is 43.7 Å². The number of aryl methyl sites for hydroxylation is 6. The highest BCUT2D eigenvalue weighted by atomic mass is 35.5. The summed E-state index contributed by atoms with van der Waals surface area (Å²) in [6, 6.07) is 0. The molecule has 3 aliphatic rings. The molecule has 1 unspecified atom stereocenters. The van der Waals surface area contributed by atoms with Gasteiger partial charge in [0.15, 0.2) is 22.0 Å². The van der Waals surface area contributed by atoms with Crippen molar-refractivity contribution < 1.29 is 27.7 Å². The molecule has 0 aliphatic carbocycles. The first-order valence-corrected chi connectivity index (χ1v) is 40.4. The van der Waals surface area contributed by atoms with E-state index in [1.807, 2.05) is 27.7 Å². The highest BCUT2D eigenvalue weighted by Gasteiger charge is 2.25. The number of rotatable bonds is 39. The highest BCUT2D eigenvalue weighted by Crippen LogP contribution is 2.33. The molecule has 3 aliphatic heterocycles. The van der Waals surface area contributed by atoms with Gasteiger partial charge in [-0.3, -0.25) is 9.11 Å². The maximum absolute atomic E-state index is 12.8. The van der Waals surface area contributed by atoms with E-state index in [-0.39, 0.29) is 30.4 Å². The van der Waals surface area contributed by atoms with Crippen LogP contribution in [0.15, 0.2) is 15.1 Å². The van der Waals surface area contributed by atoms with E-state index in [0.29, 0.717) is 79.4 Å². The number of fused-ring (bicyclic) bond motifs is 3. The summed E-state index contributed by atoms with van der Waals surface area (Å²) in [5.41, 5.74) is 4.76. The molecule has 0 bridgehead atoms. The number of hydrogen-bond acceptors (Lipinski definition) is 18. The van der Waals surface area contributed by atoms with Gasteiger partial charge < -0.3 is 47.6 Å². The molecule has 1 atom stereocenters. The summed E-state index contributed by atoms with van der Waals surface area (Å²) in [5, 5.41) is 28.7. The first-order chi connectivity index (χ1) is 46.2. The molecular weight excluding hydrogens is 1340 g/mol. The predicted octanol–water partition coefficient (Wildman–Crippen LogP) is 16.3. The van der Waals surface area contributed by atoms with Crippen LogP contribution in [-0.2, 0) is 44.6 Å². The van der Waals surface area contributed by atoms with E-state index in [1.165, 1.54) is 116 Å². The maximum Gasteiger partial charge on any atom is 0.225 e. The third-order valence-corrected chi connectivity index (χ3v) is 22.2. The number of thioether (sulfide) groups is 2. The molecule has 0 spiro atoms. The van der Waals surface area contributed by atoms with Crippen molar-refractivity contribution in [3.63, 3.8) is 0 Å². The fraction of sp³-hybridized carbons (Fsp3) is 0.783. The Kier molecular flexibility index (Phi) is 35.5. The van der Waals surface area contributed by atoms with Crippen LogP contribution in [0.3, 0.4) is 0 Å². The van der Waals surface area contributed by atoms with E-state index in [4.69, 9.17) is 49.0 Å². The van der Waals surface area contributed by atoms with Gasteiger partial charge >= 0.3 is 0 Å². The molecule has 0 radical (unpaired) electrons. The Morgan fingerprint density at radius 1 is 0.417 bits per heavy atom. The van der Waals surface area contributed by atoms with Crippen molar-refractivity contribution in [1.29, 1.82) is 0 Å². The molecule has 96 heavy (non-hydrogen) atoms. The standard InChI is InChI=1S/C23H38ClN5O3S.C23H38ClN5O2S.C23H38ClN5OS/c1-18(2)33(31)22-20-21(26-23(24)27-22)25-19(3)28(20)12-10-8-6-4-5-7-9-11-13-29(30)14-16-32-17-15-29;1-18(2)32-22-20-21(26-23(24)27-22)25-19(3)28(20)12-10-8-6-4-5-7-9-11-13-29(30)14-16-31-17-15-29;1-18(2)31-22-20-21(26-23(24)27-22)25-19(3)29(20)13-11-9-7-5-4-6-8-10-12-28-14-16-30-17-15-28/h18H,4-17H2,1-3H3;18H,4-17H2,1-3H3;18H,4-17H2,1-3H3. The van der Waals surface area contributed by atoms with Gasteiger partial charge in [-0.15, -0.1) is 23.5 Å². The van der Waals surface area contributed by atoms with Crippen molar-refractivity contribution in [2.75, 3.05) is 98.5 Å². The molecule has 9 rings (SSSR count). The second-order valence-electron chi connectivity index (χ2n) is 27.1. The largest absolute Gasteiger partial charge is 0.633 e. The second-order valence-corrected chi connectivity index (χ2v) is 33.2. The lowest BCUT2D eigenvalue weighted by Crippen LogP contribution is -2.50. The molecule has 9 heterocycles. The second kappa shape index (κ2) is 42.5. The topological polar surface area (TPSA) is 225 Å². The van der Waals surface area contributed by atoms with Gasteiger partial charge in [0.2, 0.25) is 15.9 Å². The molecule has 21 nitrogen and oxygen atoms in total. The number of morpholine rings is 3. The van der Waals surface area contributed by atoms with Crippen molar-refractivity contribution in [2.24, 2.45) is 0 Å². The van der Waals surface area contributed by atoms with Crippen molar-refractivity contribution >= 4 is 103 Å². The first kappa shape index (κ1) is 80.4. The molecule has 6 aromatic heterocycles. The Labute approximate surface area is 599 Å². The van der Waals surface area contributed by atoms with E-state index >= 15 is 0 Å². The molecule has 6 aromatic rings. The van der Waals surface area contributed by atoms with Crippen LogP contribution >= 0.6 is 58.3 Å². The smallest absolute Gasteiger partial charge is 0.225 e. The average molecular weight is 1450 g/mol. The van der Waals surface area contributed by atoms with Gasteiger partial charge in [-0.2, -0.15) is 15.0 Å². The lowest BCUT2D eigenvalue weighted by atomic mass is 10.1. The fourth-order valence-electron chi connectivity index (χ4n) is 12.8. The zero-order valence-electron chi connectivity index (χ0n) is 59.4. The van der Waals surface area contributed by atoms with Gasteiger partial charge in [-0.05, 0) is 113 Å². The Balaban J connectivity index is 0.000000203. The number of unbranched alkanes of at least 4 members (excludes halogenated alkanes) is 21. The molecule has 0 aromatic carbocycles. The van der Waals surface area contributed by atoms with Crippen LogP contribution in [0, 0.1) is 31.2 Å². The summed E-state index contributed by atoms with van der Waals surface area (Å²) in [5.74, 6) is 2.82. The van der Waals surface area contributed by atoms with E-state index in [2.05, 4.69) is 98.1 Å². The molecule has 3 fully saturated rings. The predicted molar refractivity (Wildman–Crippen MR) is 395 cm³/mol. The monoisotopic (exact) mass is 1450 g/mol. The van der Waals surface area contributed by atoms with Crippen molar-refractivity contribution in [2.45, 2.75) is 267 Å². The number of aromatic nitrogens is 12. The van der Waals surface area contributed by atoms with Crippen LogP contribution in [0.25, 0.3) is 33.5 Å². The Morgan fingerprint density at radius 2 is 0.719 bits per heavy atom. The Morgan fingerprint density at radius 3 is 1.07 bits per heavy atom. The third kappa shape index (κ3) is 26.8. The number of halogens is 3. The number of quaternary nitrogens is 2. The van der Waals surface area contributed by atoms with Crippen molar-refractivity contribution in [1.82, 2.24) is 63.5 Å². The highest BCUT2D eigenvalue weighted by molar-refractivity contribution is 8.00. The van der Waals surface area contributed by atoms with E-state index in [0.717, 1.165) is 154 Å². The molecule has 27 heteroatoms. The zero-order chi connectivity index (χ0) is 68.9. The van der Waals surface area contributed by atoms with Crippen LogP contribution in [0.1, 0.15) is 213 Å². The summed E-state index contributed by atoms with van der Waals surface area (Å²) in [6.07, 6.45) is 29.2. The molecule has 540 valence electrons. The average Bonchev–Trinajstić information content (AvgIpc) is 1.57. The normalized spacial score (nSPS) is 16.3. The number of nitrogens with zero attached hydrogens (tertiary/aromatic N) is 15. The number of ether oxygens (including phenoxy) is 3. The molecular formula is C69H114Cl3N15O6S3. The van der Waals surface area contributed by atoms with Crippen LogP contribution in [0.5, 0.6) is 0 Å². The van der Waals surface area contributed by atoms with Gasteiger partial charge in [0, 0.05) is 48.5 Å². The summed E-state index contributed by atoms with van der Waals surface area (Å²) < 4.78 is 35.3. The molecule has 0 amide bonds. The number of hydroxylamine groups is 6. The van der Waals surface area contributed by atoms with Gasteiger partial charge in [0.1, 0.15) is 70.3 Å². The van der Waals surface area contributed by atoms with Crippen LogP contribution in [-0.4, -0.2) is 191 Å². The molecule has 0 saturated carbocycles. The maximum atomic E-state index is 12.8. The Bertz CT molecular complexity index is 3260. The summed E-state index contributed by atoms with van der Waals surface area (Å²) in [4.78, 5) is 42.5. The number of imidazole rings is 3. The Hall–Kier alpha value is -2.95. The minimum absolute atomic E-state index is 0.0447. The third-order valence-electron chi connectivity index (χ3n) is 18.2. The van der Waals surface area contributed by atoms with Gasteiger partial charge in [-0.1, -0.05) is 144 Å². The summed E-state index contributed by atoms with van der Waals surface area (Å²) >= 11 is 21.7. The quantitative estimate of drug-likeness (QED) is 0.00873. The number of hydrogen-bond donors (Lipinski definition) is 0. The van der Waals surface area contributed by atoms with Crippen LogP contribution in [0.2, 0.25) is 15.9 Å². The van der Waals surface area contributed by atoms with Gasteiger partial charge in [0.25, 0.3) is 0 Å². The van der Waals surface area contributed by atoms with E-state index in [9.17, 15) is 14.6 Å². The molecule has 3 saturated heterocycles. The van der Waals surface area contributed by atoms with E-state index < -0.39 is 10.8 Å². The summed E-state index contributed by atoms with van der Waals surface area (Å²) in [7, 11) is -1.26. The lowest BCUT2D eigenvalue weighted by Gasteiger charge is -2.45. The van der Waals surface area contributed by atoms with Crippen LogP contribution in [0.4, 0.5) is 0 Å². The first-order valence-electron chi connectivity index (χ1n) is 36.3. The van der Waals surface area contributed by atoms with E-state index in [1.54, 1.807) is 23.5 Å². The van der Waals surface area contributed by atoms with Gasteiger partial charge in [-0.25, -0.2) is 29.9 Å². The van der Waals surface area contributed by atoms with Gasteiger partial charge in [0.05, 0.1) is 63.5 Å². The minimum atomic E-state index is -1.26. The zero-order valence-corrected chi connectivity index (χ0v) is 64.2. The fourth-order valence-corrected chi connectivity index (χ4v) is 16.3. The minimum Gasteiger partial charge on any atom is -0.633 e. The van der Waals surface area contributed by atoms with Crippen LogP contribution < -0.4 is 0 Å². The molecule has 0 N–H and O–H groups in total.